The average Bonchev–Trinajstić information content (AvgIpc) is 2.69. The molecule has 0 aromatic carbocycles. The molecule has 6 nitrogen and oxygen atoms in total. The minimum atomic E-state index is -0.335. The zero-order valence-corrected chi connectivity index (χ0v) is 15.7. The number of nitrogens with one attached hydrogen (secondary N) is 1. The molecular weight excluding hydrogens is 347 g/mol. The minimum absolute atomic E-state index is 0.109. The van der Waals surface area contributed by atoms with Crippen LogP contribution in [0.3, 0.4) is 0 Å². The van der Waals surface area contributed by atoms with E-state index in [2.05, 4.69) is 26.3 Å². The van der Waals surface area contributed by atoms with E-state index in [4.69, 9.17) is 9.47 Å². The number of rotatable bonds is 4. The third-order valence-corrected chi connectivity index (χ3v) is 5.27. The smallest absolute Gasteiger partial charge is 0.257 e. The molecule has 2 aliphatic heterocycles. The van der Waals surface area contributed by atoms with Crippen molar-refractivity contribution in [2.24, 2.45) is 0 Å². The van der Waals surface area contributed by atoms with Crippen molar-refractivity contribution in [1.29, 1.82) is 0 Å². The number of halogens is 1. The van der Waals surface area contributed by atoms with Crippen LogP contribution in [0.2, 0.25) is 0 Å². The molecule has 1 N–H and O–H groups in total. The van der Waals surface area contributed by atoms with Crippen molar-refractivity contribution in [2.45, 2.75) is 38.8 Å². The van der Waals surface area contributed by atoms with Crippen LogP contribution in [0.4, 0.5) is 10.1 Å². The Bertz CT molecular complexity index is 791. The van der Waals surface area contributed by atoms with E-state index >= 15 is 0 Å². The van der Waals surface area contributed by atoms with Crippen LogP contribution in [0.5, 0.6) is 11.6 Å². The van der Waals surface area contributed by atoms with Crippen LogP contribution in [0.1, 0.15) is 37.2 Å². The molecule has 1 atom stereocenters. The highest BCUT2D eigenvalue weighted by Crippen LogP contribution is 2.33. The summed E-state index contributed by atoms with van der Waals surface area (Å²) in [4.78, 5) is 11.0. The predicted octanol–water partition coefficient (Wildman–Crippen LogP) is 3.33. The van der Waals surface area contributed by atoms with Crippen LogP contribution in [-0.2, 0) is 0 Å². The van der Waals surface area contributed by atoms with Crippen LogP contribution >= 0.6 is 0 Å². The molecule has 1 unspecified atom stereocenters. The molecular formula is C20H25FN4O2. The van der Waals surface area contributed by atoms with Crippen molar-refractivity contribution in [3.8, 4) is 11.6 Å². The summed E-state index contributed by atoms with van der Waals surface area (Å²) in [6.07, 6.45) is 3.85. The van der Waals surface area contributed by atoms with Gasteiger partial charge in [-0.25, -0.2) is 9.37 Å². The van der Waals surface area contributed by atoms with E-state index in [1.807, 2.05) is 26.1 Å². The van der Waals surface area contributed by atoms with Gasteiger partial charge in [0.1, 0.15) is 19.0 Å². The highest BCUT2D eigenvalue weighted by Gasteiger charge is 2.28. The first-order valence-corrected chi connectivity index (χ1v) is 9.49. The summed E-state index contributed by atoms with van der Waals surface area (Å²) in [5.41, 5.74) is 2.48. The lowest BCUT2D eigenvalue weighted by Crippen LogP contribution is -2.40. The van der Waals surface area contributed by atoms with E-state index in [9.17, 15) is 4.39 Å². The lowest BCUT2D eigenvalue weighted by Gasteiger charge is -2.36. The Hall–Kier alpha value is -2.41. The van der Waals surface area contributed by atoms with Gasteiger partial charge in [-0.15, -0.1) is 0 Å². The first-order chi connectivity index (χ1) is 13.1. The summed E-state index contributed by atoms with van der Waals surface area (Å²) in [6, 6.07) is 5.76. The van der Waals surface area contributed by atoms with Crippen molar-refractivity contribution in [3.63, 3.8) is 0 Å². The Morgan fingerprint density at radius 1 is 1.22 bits per heavy atom. The zero-order valence-electron chi connectivity index (χ0n) is 15.7. The van der Waals surface area contributed by atoms with Crippen LogP contribution in [0, 0.1) is 12.7 Å². The second-order valence-electron chi connectivity index (χ2n) is 7.17. The molecule has 4 rings (SSSR count). The summed E-state index contributed by atoms with van der Waals surface area (Å²) in [5, 5.41) is 3.54. The van der Waals surface area contributed by atoms with Crippen LogP contribution in [0.15, 0.2) is 24.4 Å². The van der Waals surface area contributed by atoms with Crippen molar-refractivity contribution in [1.82, 2.24) is 14.9 Å². The summed E-state index contributed by atoms with van der Waals surface area (Å²) < 4.78 is 25.5. The quantitative estimate of drug-likeness (QED) is 0.888. The Kier molecular flexibility index (Phi) is 5.11. The highest BCUT2D eigenvalue weighted by atomic mass is 19.1. The Morgan fingerprint density at radius 3 is 2.74 bits per heavy atom. The lowest BCUT2D eigenvalue weighted by molar-refractivity contribution is 0.149. The fourth-order valence-corrected chi connectivity index (χ4v) is 3.65. The molecule has 0 saturated carbocycles. The molecule has 0 bridgehead atoms. The summed E-state index contributed by atoms with van der Waals surface area (Å²) in [7, 11) is 0. The number of ether oxygens (including phenoxy) is 2. The number of aryl methyl sites for hydroxylation is 1. The molecule has 144 valence electrons. The van der Waals surface area contributed by atoms with E-state index < -0.39 is 0 Å². The first kappa shape index (κ1) is 18.0. The molecule has 7 heteroatoms. The molecule has 2 aliphatic rings. The number of piperidine rings is 1. The number of pyridine rings is 2. The highest BCUT2D eigenvalue weighted by molar-refractivity contribution is 5.42. The third kappa shape index (κ3) is 3.98. The first-order valence-electron chi connectivity index (χ1n) is 9.49. The van der Waals surface area contributed by atoms with Gasteiger partial charge in [0.15, 0.2) is 5.75 Å². The molecule has 0 amide bonds. The molecule has 4 heterocycles. The fourth-order valence-electron chi connectivity index (χ4n) is 3.65. The number of aromatic nitrogens is 2. The van der Waals surface area contributed by atoms with E-state index in [-0.39, 0.29) is 11.9 Å². The zero-order chi connectivity index (χ0) is 18.8. The summed E-state index contributed by atoms with van der Waals surface area (Å²) >= 11 is 0. The molecule has 27 heavy (non-hydrogen) atoms. The second-order valence-corrected chi connectivity index (χ2v) is 7.17. The van der Waals surface area contributed by atoms with Crippen LogP contribution in [-0.4, -0.2) is 47.2 Å². The Labute approximate surface area is 158 Å². The number of nitrogens with zero attached hydrogens (tertiary/aromatic N) is 3. The van der Waals surface area contributed by atoms with Crippen LogP contribution in [0.25, 0.3) is 0 Å². The van der Waals surface area contributed by atoms with Crippen LogP contribution < -0.4 is 14.8 Å². The van der Waals surface area contributed by atoms with Crippen molar-refractivity contribution < 1.29 is 13.9 Å². The predicted molar refractivity (Wildman–Crippen MR) is 101 cm³/mol. The van der Waals surface area contributed by atoms with Gasteiger partial charge in [0, 0.05) is 30.9 Å². The molecule has 2 aromatic rings. The molecule has 0 radical (unpaired) electrons. The number of anilines is 1. The monoisotopic (exact) mass is 372 g/mol. The van der Waals surface area contributed by atoms with Gasteiger partial charge in [0.05, 0.1) is 23.6 Å². The number of fused-ring (bicyclic) bond motifs is 1. The topological polar surface area (TPSA) is 59.5 Å². The molecule has 2 aromatic heterocycles. The maximum atomic E-state index is 14.5. The van der Waals surface area contributed by atoms with Gasteiger partial charge in [-0.1, -0.05) is 0 Å². The van der Waals surface area contributed by atoms with E-state index in [0.717, 1.165) is 37.3 Å². The summed E-state index contributed by atoms with van der Waals surface area (Å²) in [5.74, 6) is 0.454. The van der Waals surface area contributed by atoms with Gasteiger partial charge >= 0.3 is 0 Å². The second kappa shape index (κ2) is 7.68. The normalized spacial score (nSPS) is 18.9. The summed E-state index contributed by atoms with van der Waals surface area (Å²) in [6.45, 7) is 6.62. The minimum Gasteiger partial charge on any atom is -0.484 e. The van der Waals surface area contributed by atoms with Gasteiger partial charge in [0.25, 0.3) is 5.88 Å². The maximum Gasteiger partial charge on any atom is 0.257 e. The molecule has 1 fully saturated rings. The van der Waals surface area contributed by atoms with Crippen molar-refractivity contribution in [2.75, 3.05) is 31.6 Å². The number of hydrogen-bond donors (Lipinski definition) is 1. The fraction of sp³-hybridized carbons (Fsp3) is 0.500. The van der Waals surface area contributed by atoms with Gasteiger partial charge in [-0.05, 0) is 38.8 Å². The molecule has 1 saturated heterocycles. The van der Waals surface area contributed by atoms with E-state index in [1.54, 1.807) is 0 Å². The number of likely N-dealkylation sites (tertiary alicyclic amines) is 1. The number of hydrogen-bond acceptors (Lipinski definition) is 6. The lowest BCUT2D eigenvalue weighted by atomic mass is 10.0. The maximum absolute atomic E-state index is 14.5. The van der Waals surface area contributed by atoms with Crippen molar-refractivity contribution in [3.05, 3.63) is 41.6 Å². The van der Waals surface area contributed by atoms with Gasteiger partial charge < -0.3 is 14.8 Å². The largest absolute Gasteiger partial charge is 0.484 e. The molecule has 0 spiro atoms. The Balaban J connectivity index is 1.38. The average molecular weight is 372 g/mol. The molecule has 0 aliphatic carbocycles. The third-order valence-electron chi connectivity index (χ3n) is 5.27. The standard InChI is InChI=1S/C20H25FN4O2/c1-13-3-4-16(12-22-13)23-15-5-7-25(8-6-15)14(2)19-17(21)11-18-20(24-19)27-10-9-26-18/h3-4,11-12,14-15,23H,5-10H2,1-2H3. The Morgan fingerprint density at radius 2 is 2.00 bits per heavy atom. The van der Waals surface area contributed by atoms with Crippen molar-refractivity contribution >= 4 is 5.69 Å². The van der Waals surface area contributed by atoms with E-state index in [1.165, 1.54) is 6.07 Å². The van der Waals surface area contributed by atoms with E-state index in [0.29, 0.717) is 36.6 Å². The van der Waals surface area contributed by atoms with Gasteiger partial charge in [-0.2, -0.15) is 0 Å². The van der Waals surface area contributed by atoms with Gasteiger partial charge in [-0.3, -0.25) is 9.88 Å². The van der Waals surface area contributed by atoms with Gasteiger partial charge in [0.2, 0.25) is 0 Å². The SMILES string of the molecule is Cc1ccc(NC2CCN(C(C)c3nc4c(cc3F)OCCO4)CC2)cn1.